The molecule has 0 bridgehead atoms. The van der Waals surface area contributed by atoms with Crippen LogP contribution in [0.2, 0.25) is 12.6 Å². The van der Waals surface area contributed by atoms with Crippen molar-refractivity contribution in [2.45, 2.75) is 59.5 Å². The topological polar surface area (TPSA) is 30.8 Å². The van der Waals surface area contributed by atoms with Gasteiger partial charge in [0.25, 0.3) is 0 Å². The minimum Gasteiger partial charge on any atom is -0.395 e. The van der Waals surface area contributed by atoms with E-state index in [9.17, 15) is 0 Å². The van der Waals surface area contributed by atoms with E-state index in [1.54, 1.807) is 0 Å². The lowest BCUT2D eigenvalue weighted by atomic mass is 10.2. The number of hydrogen-bond acceptors (Lipinski definition) is 3. The van der Waals surface area contributed by atoms with Crippen molar-refractivity contribution in [2.75, 3.05) is 19.8 Å². The predicted molar refractivity (Wildman–Crippen MR) is 77.2 cm³/mol. The molecular weight excluding hydrogens is 230 g/mol. The molecule has 4 heteroatoms. The normalized spacial score (nSPS) is 13.1. The van der Waals surface area contributed by atoms with Gasteiger partial charge in [0.2, 0.25) is 0 Å². The molecule has 0 amide bonds. The summed E-state index contributed by atoms with van der Waals surface area (Å²) in [5.41, 5.74) is 1.27. The highest BCUT2D eigenvalue weighted by molar-refractivity contribution is 6.66. The molecule has 0 radical (unpaired) electrons. The van der Waals surface area contributed by atoms with Crippen LogP contribution < -0.4 is 0 Å². The number of hydrogen-bond donors (Lipinski definition) is 0. The first-order chi connectivity index (χ1) is 8.08. The van der Waals surface area contributed by atoms with E-state index >= 15 is 0 Å². The molecule has 0 unspecified atom stereocenters. The van der Waals surface area contributed by atoms with Gasteiger partial charge in [-0.15, -0.1) is 0 Å². The Hall–Kier alpha value is -0.193. The first-order valence-corrected chi connectivity index (χ1v) is 9.38. The second-order valence-electron chi connectivity index (χ2n) is 4.47. The zero-order valence-corrected chi connectivity index (χ0v) is 13.2. The van der Waals surface area contributed by atoms with E-state index in [4.69, 9.17) is 8.85 Å². The largest absolute Gasteiger partial charge is 0.395 e. The van der Waals surface area contributed by atoms with E-state index in [1.807, 2.05) is 13.8 Å². The van der Waals surface area contributed by atoms with Crippen LogP contribution in [0.25, 0.3) is 0 Å². The van der Waals surface area contributed by atoms with E-state index in [-0.39, 0.29) is 0 Å². The Morgan fingerprint density at radius 3 is 2.18 bits per heavy atom. The molecule has 0 aliphatic rings. The van der Waals surface area contributed by atoms with Crippen molar-refractivity contribution in [2.24, 2.45) is 4.99 Å². The van der Waals surface area contributed by atoms with Gasteiger partial charge in [0.15, 0.2) is 0 Å². The second-order valence-corrected chi connectivity index (χ2v) is 7.82. The Kier molecular flexibility index (Phi) is 9.69. The summed E-state index contributed by atoms with van der Waals surface area (Å²) >= 11 is 0. The summed E-state index contributed by atoms with van der Waals surface area (Å²) in [6.45, 7) is 12.9. The van der Waals surface area contributed by atoms with E-state index in [1.165, 1.54) is 12.1 Å². The second kappa shape index (κ2) is 9.80. The molecular formula is C13H29NO2Si. The summed E-state index contributed by atoms with van der Waals surface area (Å²) in [5, 5.41) is 0. The van der Waals surface area contributed by atoms with Gasteiger partial charge in [0.1, 0.15) is 0 Å². The minimum absolute atomic E-state index is 0.751. The molecule has 0 aromatic carbocycles. The van der Waals surface area contributed by atoms with Gasteiger partial charge in [-0.25, -0.2) is 0 Å². The highest BCUT2D eigenvalue weighted by atomic mass is 28.4. The van der Waals surface area contributed by atoms with E-state index in [2.05, 4.69) is 25.4 Å². The van der Waals surface area contributed by atoms with Crippen LogP contribution in [0.4, 0.5) is 0 Å². The van der Waals surface area contributed by atoms with Gasteiger partial charge in [-0.3, -0.25) is 4.99 Å². The van der Waals surface area contributed by atoms with Crippen LogP contribution in [0.15, 0.2) is 4.99 Å². The van der Waals surface area contributed by atoms with Crippen LogP contribution in [0.3, 0.4) is 0 Å². The summed E-state index contributed by atoms with van der Waals surface area (Å²) in [4.78, 5) is 4.56. The zero-order valence-electron chi connectivity index (χ0n) is 12.2. The molecule has 3 nitrogen and oxygen atoms in total. The first kappa shape index (κ1) is 16.8. The molecule has 0 saturated heterocycles. The average molecular weight is 259 g/mol. The Labute approximate surface area is 108 Å². The van der Waals surface area contributed by atoms with Crippen molar-refractivity contribution in [1.29, 1.82) is 0 Å². The standard InChI is InChI=1S/C13H29NO2Si/c1-6-10-13(4)14-11-9-12-17(5,15-7-2)16-8-3/h6-12H2,1-5H3. The monoisotopic (exact) mass is 259 g/mol. The number of aliphatic imine (C=N–C) groups is 1. The number of nitrogens with zero attached hydrogens (tertiary/aromatic N) is 1. The van der Waals surface area contributed by atoms with Gasteiger partial charge in [-0.05, 0) is 46.2 Å². The summed E-state index contributed by atoms with van der Waals surface area (Å²) in [7, 11) is -1.91. The highest BCUT2D eigenvalue weighted by Gasteiger charge is 2.29. The van der Waals surface area contributed by atoms with Crippen molar-refractivity contribution in [3.05, 3.63) is 0 Å². The Morgan fingerprint density at radius 1 is 1.12 bits per heavy atom. The maximum absolute atomic E-state index is 5.79. The van der Waals surface area contributed by atoms with Crippen LogP contribution in [0, 0.1) is 0 Å². The van der Waals surface area contributed by atoms with E-state index in [0.29, 0.717) is 0 Å². The highest BCUT2D eigenvalue weighted by Crippen LogP contribution is 2.15. The van der Waals surface area contributed by atoms with Crippen molar-refractivity contribution < 1.29 is 8.85 Å². The molecule has 0 atom stereocenters. The fourth-order valence-electron chi connectivity index (χ4n) is 1.91. The van der Waals surface area contributed by atoms with Crippen LogP contribution in [0.1, 0.15) is 47.0 Å². The molecule has 102 valence electrons. The quantitative estimate of drug-likeness (QED) is 0.339. The minimum atomic E-state index is -1.91. The maximum Gasteiger partial charge on any atom is 0.334 e. The molecule has 0 saturated carbocycles. The van der Waals surface area contributed by atoms with Crippen molar-refractivity contribution in [1.82, 2.24) is 0 Å². The van der Waals surface area contributed by atoms with Crippen molar-refractivity contribution >= 4 is 14.3 Å². The van der Waals surface area contributed by atoms with Crippen LogP contribution in [0.5, 0.6) is 0 Å². The van der Waals surface area contributed by atoms with Crippen molar-refractivity contribution in [3.63, 3.8) is 0 Å². The summed E-state index contributed by atoms with van der Waals surface area (Å²) in [6, 6.07) is 1.04. The van der Waals surface area contributed by atoms with Crippen molar-refractivity contribution in [3.8, 4) is 0 Å². The molecule has 0 heterocycles. The molecule has 17 heavy (non-hydrogen) atoms. The van der Waals surface area contributed by atoms with Gasteiger partial charge >= 0.3 is 8.56 Å². The summed E-state index contributed by atoms with van der Waals surface area (Å²) < 4.78 is 11.6. The molecule has 0 aliphatic carbocycles. The maximum atomic E-state index is 5.79. The first-order valence-electron chi connectivity index (χ1n) is 6.85. The number of rotatable bonds is 10. The SMILES string of the molecule is CCCC(C)=NCCC[Si](C)(OCC)OCC. The molecule has 0 N–H and O–H groups in total. The van der Waals surface area contributed by atoms with E-state index in [0.717, 1.165) is 38.6 Å². The van der Waals surface area contributed by atoms with Crippen LogP contribution in [-0.4, -0.2) is 34.0 Å². The fourth-order valence-corrected chi connectivity index (χ4v) is 4.30. The molecule has 0 fully saturated rings. The third kappa shape index (κ3) is 8.52. The third-order valence-corrected chi connectivity index (χ3v) is 5.74. The summed E-state index contributed by atoms with van der Waals surface area (Å²) in [5.74, 6) is 0. The zero-order chi connectivity index (χ0) is 13.1. The Bertz CT molecular complexity index is 213. The van der Waals surface area contributed by atoms with Gasteiger partial charge in [0.05, 0.1) is 0 Å². The molecule has 0 rings (SSSR count). The molecule has 0 aliphatic heterocycles. The third-order valence-electron chi connectivity index (χ3n) is 2.68. The molecule has 0 spiro atoms. The Balaban J connectivity index is 3.93. The van der Waals surface area contributed by atoms with Gasteiger partial charge in [-0.1, -0.05) is 13.3 Å². The Morgan fingerprint density at radius 2 is 1.71 bits per heavy atom. The van der Waals surface area contributed by atoms with Crippen LogP contribution in [-0.2, 0) is 8.85 Å². The lowest BCUT2D eigenvalue weighted by Gasteiger charge is -2.25. The smallest absolute Gasteiger partial charge is 0.334 e. The van der Waals surface area contributed by atoms with E-state index < -0.39 is 8.56 Å². The van der Waals surface area contributed by atoms with Gasteiger partial charge in [0, 0.05) is 25.5 Å². The van der Waals surface area contributed by atoms with Gasteiger partial charge in [-0.2, -0.15) is 0 Å². The lowest BCUT2D eigenvalue weighted by Crippen LogP contribution is -2.38. The molecule has 0 aromatic rings. The summed E-state index contributed by atoms with van der Waals surface area (Å²) in [6.07, 6.45) is 3.37. The van der Waals surface area contributed by atoms with Crippen LogP contribution >= 0.6 is 0 Å². The van der Waals surface area contributed by atoms with Gasteiger partial charge < -0.3 is 8.85 Å². The predicted octanol–water partition coefficient (Wildman–Crippen LogP) is 3.78. The molecule has 0 aromatic heterocycles. The lowest BCUT2D eigenvalue weighted by molar-refractivity contribution is 0.188. The fraction of sp³-hybridized carbons (Fsp3) is 0.923. The average Bonchev–Trinajstić information content (AvgIpc) is 2.26.